The summed E-state index contributed by atoms with van der Waals surface area (Å²) in [4.78, 5) is 16.9. The molecule has 1 aromatic carbocycles. The molecule has 0 atom stereocenters. The number of benzene rings is 1. The molecule has 1 amide bonds. The van der Waals surface area contributed by atoms with Crippen LogP contribution < -0.4 is 11.1 Å². The van der Waals surface area contributed by atoms with Gasteiger partial charge in [-0.1, -0.05) is 23.8 Å². The molecule has 1 aromatic heterocycles. The lowest BCUT2D eigenvalue weighted by Gasteiger charge is -2.15. The Morgan fingerprint density at radius 2 is 2.15 bits per heavy atom. The van der Waals surface area contributed by atoms with Crippen LogP contribution in [0.15, 0.2) is 30.5 Å². The molecule has 20 heavy (non-hydrogen) atoms. The Kier molecular flexibility index (Phi) is 3.11. The molecule has 1 heterocycles. The van der Waals surface area contributed by atoms with Crippen molar-refractivity contribution in [2.24, 2.45) is 11.1 Å². The molecule has 0 saturated heterocycles. The van der Waals surface area contributed by atoms with Gasteiger partial charge in [-0.3, -0.25) is 9.78 Å². The molecule has 0 aliphatic heterocycles. The van der Waals surface area contributed by atoms with E-state index >= 15 is 0 Å². The Morgan fingerprint density at radius 1 is 1.40 bits per heavy atom. The average molecular weight is 306 g/mol. The van der Waals surface area contributed by atoms with Crippen molar-refractivity contribution in [3.8, 4) is 0 Å². The lowest BCUT2D eigenvalue weighted by Crippen LogP contribution is -2.35. The van der Waals surface area contributed by atoms with Crippen molar-refractivity contribution < 1.29 is 4.79 Å². The Labute approximate surface area is 126 Å². The van der Waals surface area contributed by atoms with E-state index in [2.05, 4.69) is 10.3 Å². The molecule has 1 aliphatic carbocycles. The predicted molar refractivity (Wildman–Crippen MR) is 83.8 cm³/mol. The number of pyridine rings is 1. The monoisotopic (exact) mass is 305 g/mol. The van der Waals surface area contributed by atoms with Gasteiger partial charge < -0.3 is 11.1 Å². The third kappa shape index (κ3) is 2.03. The molecule has 3 N–H and O–H groups in total. The zero-order chi connectivity index (χ0) is 14.3. The van der Waals surface area contributed by atoms with E-state index in [4.69, 9.17) is 29.6 Å². The first-order valence-corrected chi connectivity index (χ1v) is 6.98. The molecule has 2 aromatic rings. The number of nitrogens with one attached hydrogen (secondary N) is 1. The van der Waals surface area contributed by atoms with Gasteiger partial charge in [0.05, 0.1) is 26.6 Å². The van der Waals surface area contributed by atoms with Crippen molar-refractivity contribution >= 4 is 51.3 Å². The lowest BCUT2D eigenvalue weighted by molar-refractivity contribution is -0.118. The third-order valence-corrected chi connectivity index (χ3v) is 4.34. The van der Waals surface area contributed by atoms with E-state index in [9.17, 15) is 4.79 Å². The molecule has 0 unspecified atom stereocenters. The highest BCUT2D eigenvalue weighted by molar-refractivity contribution is 7.80. The summed E-state index contributed by atoms with van der Waals surface area (Å²) in [6.45, 7) is 0. The second-order valence-electron chi connectivity index (χ2n) is 4.89. The minimum atomic E-state index is -0.684. The number of aromatic nitrogens is 1. The zero-order valence-corrected chi connectivity index (χ0v) is 12.1. The number of nitrogens with zero attached hydrogens (tertiary/aromatic N) is 1. The Bertz CT molecular complexity index is 727. The summed E-state index contributed by atoms with van der Waals surface area (Å²) in [5.74, 6) is -0.167. The van der Waals surface area contributed by atoms with E-state index < -0.39 is 5.41 Å². The number of anilines is 1. The van der Waals surface area contributed by atoms with E-state index in [-0.39, 0.29) is 10.9 Å². The van der Waals surface area contributed by atoms with Crippen LogP contribution in [-0.4, -0.2) is 15.9 Å². The van der Waals surface area contributed by atoms with Crippen LogP contribution in [0.1, 0.15) is 12.8 Å². The largest absolute Gasteiger partial charge is 0.392 e. The molecule has 0 radical (unpaired) electrons. The van der Waals surface area contributed by atoms with Crippen molar-refractivity contribution in [3.63, 3.8) is 0 Å². The van der Waals surface area contributed by atoms with Crippen LogP contribution in [0.3, 0.4) is 0 Å². The van der Waals surface area contributed by atoms with Crippen molar-refractivity contribution in [1.29, 1.82) is 0 Å². The zero-order valence-electron chi connectivity index (χ0n) is 10.5. The molecular formula is C14H12ClN3OS. The summed E-state index contributed by atoms with van der Waals surface area (Å²) in [5, 5.41) is 4.27. The summed E-state index contributed by atoms with van der Waals surface area (Å²) >= 11 is 11.1. The quantitative estimate of drug-likeness (QED) is 0.856. The van der Waals surface area contributed by atoms with Gasteiger partial charge in [0.2, 0.25) is 5.91 Å². The highest BCUT2D eigenvalue weighted by atomic mass is 35.5. The predicted octanol–water partition coefficient (Wildman–Crippen LogP) is 2.89. The number of fused-ring (bicyclic) bond motifs is 1. The van der Waals surface area contributed by atoms with Gasteiger partial charge in [0, 0.05) is 11.6 Å². The van der Waals surface area contributed by atoms with Crippen molar-refractivity contribution in [3.05, 3.63) is 35.5 Å². The van der Waals surface area contributed by atoms with Crippen molar-refractivity contribution in [2.75, 3.05) is 5.32 Å². The van der Waals surface area contributed by atoms with Gasteiger partial charge in [0.15, 0.2) is 0 Å². The number of carbonyl (C=O) groups is 1. The van der Waals surface area contributed by atoms with Crippen LogP contribution in [0.4, 0.5) is 5.69 Å². The standard InChI is InChI=1S/C14H12ClN3OS/c15-9-3-4-10(11-8(9)2-1-7-17-11)18-13(19)14(5-6-14)12(16)20/h1-4,7H,5-6H2,(H2,16,20)(H,18,19). The highest BCUT2D eigenvalue weighted by Crippen LogP contribution is 2.47. The van der Waals surface area contributed by atoms with E-state index in [1.54, 1.807) is 24.4 Å². The average Bonchev–Trinajstić information content (AvgIpc) is 3.24. The van der Waals surface area contributed by atoms with Crippen LogP contribution in [0, 0.1) is 5.41 Å². The first-order valence-electron chi connectivity index (χ1n) is 6.19. The Morgan fingerprint density at radius 3 is 2.80 bits per heavy atom. The van der Waals surface area contributed by atoms with Crippen molar-refractivity contribution in [1.82, 2.24) is 4.98 Å². The number of nitrogens with two attached hydrogens (primary N) is 1. The number of hydrogen-bond acceptors (Lipinski definition) is 3. The minimum absolute atomic E-state index is 0.167. The van der Waals surface area contributed by atoms with Crippen LogP contribution in [0.25, 0.3) is 10.9 Å². The SMILES string of the molecule is NC(=S)C1(C(=O)Nc2ccc(Cl)c3cccnc23)CC1. The second-order valence-corrected chi connectivity index (χ2v) is 5.74. The first-order chi connectivity index (χ1) is 9.54. The summed E-state index contributed by atoms with van der Waals surface area (Å²) < 4.78 is 0. The maximum Gasteiger partial charge on any atom is 0.237 e. The van der Waals surface area contributed by atoms with Crippen molar-refractivity contribution in [2.45, 2.75) is 12.8 Å². The summed E-state index contributed by atoms with van der Waals surface area (Å²) in [5.41, 5.74) is 6.26. The number of hydrogen-bond donors (Lipinski definition) is 2. The van der Waals surface area contributed by atoms with Crippen LogP contribution in [0.5, 0.6) is 0 Å². The topological polar surface area (TPSA) is 68.0 Å². The summed E-state index contributed by atoms with van der Waals surface area (Å²) in [6.07, 6.45) is 3.06. The molecule has 1 fully saturated rings. The summed E-state index contributed by atoms with van der Waals surface area (Å²) in [7, 11) is 0. The van der Waals surface area contributed by atoms with E-state index in [1.807, 2.05) is 6.07 Å². The highest BCUT2D eigenvalue weighted by Gasteiger charge is 2.52. The van der Waals surface area contributed by atoms with Gasteiger partial charge >= 0.3 is 0 Å². The molecule has 1 saturated carbocycles. The molecule has 102 valence electrons. The smallest absolute Gasteiger partial charge is 0.237 e. The summed E-state index contributed by atoms with van der Waals surface area (Å²) in [6, 6.07) is 7.14. The lowest BCUT2D eigenvalue weighted by atomic mass is 10.1. The van der Waals surface area contributed by atoms with E-state index in [0.717, 1.165) is 5.39 Å². The minimum Gasteiger partial charge on any atom is -0.392 e. The Balaban J connectivity index is 1.98. The van der Waals surface area contributed by atoms with E-state index in [1.165, 1.54) is 0 Å². The van der Waals surface area contributed by atoms with Crippen LogP contribution >= 0.6 is 23.8 Å². The molecular weight excluding hydrogens is 294 g/mol. The second kappa shape index (κ2) is 4.68. The molecule has 0 spiro atoms. The van der Waals surface area contributed by atoms with Gasteiger partial charge in [-0.15, -0.1) is 0 Å². The fourth-order valence-corrected chi connectivity index (χ4v) is 2.70. The number of halogens is 1. The van der Waals surface area contributed by atoms with Gasteiger partial charge in [0.25, 0.3) is 0 Å². The maximum absolute atomic E-state index is 12.3. The first kappa shape index (κ1) is 13.3. The molecule has 0 bridgehead atoms. The molecule has 4 nitrogen and oxygen atoms in total. The number of thiocarbonyl (C=S) groups is 1. The molecule has 3 rings (SSSR count). The number of amides is 1. The Hall–Kier alpha value is -1.72. The molecule has 6 heteroatoms. The fourth-order valence-electron chi connectivity index (χ4n) is 2.19. The fraction of sp³-hybridized carbons (Fsp3) is 0.214. The van der Waals surface area contributed by atoms with Gasteiger partial charge in [-0.05, 0) is 37.1 Å². The van der Waals surface area contributed by atoms with Gasteiger partial charge in [-0.25, -0.2) is 0 Å². The number of carbonyl (C=O) groups excluding carboxylic acids is 1. The van der Waals surface area contributed by atoms with Crippen LogP contribution in [-0.2, 0) is 4.79 Å². The number of rotatable bonds is 3. The van der Waals surface area contributed by atoms with E-state index in [0.29, 0.717) is 29.1 Å². The van der Waals surface area contributed by atoms with Gasteiger partial charge in [-0.2, -0.15) is 0 Å². The molecule has 1 aliphatic rings. The maximum atomic E-state index is 12.3. The van der Waals surface area contributed by atoms with Gasteiger partial charge in [0.1, 0.15) is 0 Å². The normalized spacial score (nSPS) is 15.8. The van der Waals surface area contributed by atoms with Crippen LogP contribution in [0.2, 0.25) is 5.02 Å². The third-order valence-electron chi connectivity index (χ3n) is 3.62.